The topological polar surface area (TPSA) is 101 Å². The van der Waals surface area contributed by atoms with Gasteiger partial charge in [-0.05, 0) is 0 Å². The molecule has 0 aromatic carbocycles. The van der Waals surface area contributed by atoms with Gasteiger partial charge in [0.25, 0.3) is 0 Å². The largest absolute Gasteiger partial charge is 0.481 e. The van der Waals surface area contributed by atoms with E-state index < -0.39 is 29.7 Å². The van der Waals surface area contributed by atoms with E-state index in [1.165, 1.54) is 0 Å². The highest BCUT2D eigenvalue weighted by molar-refractivity contribution is 5.99. The van der Waals surface area contributed by atoms with Crippen LogP contribution in [0.4, 0.5) is 0 Å². The Balaban J connectivity index is 2.84. The molecule has 0 bridgehead atoms. The number of hydrogen-bond donors (Lipinski definition) is 2. The number of carboxylic acids is 2. The molecule has 1 saturated heterocycles. The summed E-state index contributed by atoms with van der Waals surface area (Å²) in [6.07, 6.45) is 0. The maximum absolute atomic E-state index is 10.7. The number of ether oxygens (including phenoxy) is 1. The third-order valence-corrected chi connectivity index (χ3v) is 1.64. The first kappa shape index (κ1) is 8.51. The molecule has 66 valence electrons. The highest BCUT2D eigenvalue weighted by atomic mass is 16.5. The van der Waals surface area contributed by atoms with Gasteiger partial charge in [0.1, 0.15) is 12.5 Å². The molecule has 1 heterocycles. The summed E-state index contributed by atoms with van der Waals surface area (Å²) in [6, 6.07) is 0. The van der Waals surface area contributed by atoms with Gasteiger partial charge in [0.15, 0.2) is 5.92 Å². The second-order valence-electron chi connectivity index (χ2n) is 2.39. The monoisotopic (exact) mass is 174 g/mol. The second-order valence-corrected chi connectivity index (χ2v) is 2.39. The Morgan fingerprint density at radius 3 is 2.25 bits per heavy atom. The number of cyclic esters (lactones) is 1. The lowest BCUT2D eigenvalue weighted by molar-refractivity contribution is -0.156. The van der Waals surface area contributed by atoms with Gasteiger partial charge in [-0.25, -0.2) is 0 Å². The van der Waals surface area contributed by atoms with E-state index in [-0.39, 0.29) is 6.61 Å². The van der Waals surface area contributed by atoms with Crippen LogP contribution in [0.5, 0.6) is 0 Å². The van der Waals surface area contributed by atoms with Gasteiger partial charge in [-0.1, -0.05) is 0 Å². The van der Waals surface area contributed by atoms with E-state index >= 15 is 0 Å². The fourth-order valence-electron chi connectivity index (χ4n) is 1.01. The van der Waals surface area contributed by atoms with Crippen molar-refractivity contribution in [1.82, 2.24) is 0 Å². The third kappa shape index (κ3) is 1.23. The SMILES string of the molecule is O=C(O)C1COC(=O)C1C(=O)O. The van der Waals surface area contributed by atoms with Gasteiger partial charge < -0.3 is 14.9 Å². The van der Waals surface area contributed by atoms with Crippen molar-refractivity contribution >= 4 is 17.9 Å². The smallest absolute Gasteiger partial charge is 0.321 e. The van der Waals surface area contributed by atoms with E-state index in [1.54, 1.807) is 0 Å². The van der Waals surface area contributed by atoms with Crippen LogP contribution >= 0.6 is 0 Å². The molecule has 2 unspecified atom stereocenters. The first-order chi connectivity index (χ1) is 5.54. The molecule has 0 spiro atoms. The summed E-state index contributed by atoms with van der Waals surface area (Å²) in [5.74, 6) is -6.56. The Morgan fingerprint density at radius 1 is 1.33 bits per heavy atom. The molecule has 0 aromatic heterocycles. The van der Waals surface area contributed by atoms with Crippen LogP contribution in [0, 0.1) is 11.8 Å². The highest BCUT2D eigenvalue weighted by Gasteiger charge is 2.46. The Hall–Kier alpha value is -1.59. The van der Waals surface area contributed by atoms with Gasteiger partial charge in [-0.3, -0.25) is 14.4 Å². The van der Waals surface area contributed by atoms with Crippen molar-refractivity contribution in [3.63, 3.8) is 0 Å². The van der Waals surface area contributed by atoms with Crippen molar-refractivity contribution in [2.45, 2.75) is 0 Å². The zero-order valence-electron chi connectivity index (χ0n) is 5.89. The fourth-order valence-corrected chi connectivity index (χ4v) is 1.01. The molecule has 6 nitrogen and oxygen atoms in total. The molecule has 0 amide bonds. The first-order valence-electron chi connectivity index (χ1n) is 3.16. The van der Waals surface area contributed by atoms with Crippen LogP contribution in [-0.4, -0.2) is 34.7 Å². The Labute approximate surface area is 66.7 Å². The van der Waals surface area contributed by atoms with Gasteiger partial charge in [-0.15, -0.1) is 0 Å². The van der Waals surface area contributed by atoms with E-state index in [0.29, 0.717) is 0 Å². The summed E-state index contributed by atoms with van der Waals surface area (Å²) < 4.78 is 4.30. The average Bonchev–Trinajstić information content (AvgIpc) is 2.30. The van der Waals surface area contributed by atoms with E-state index in [1.807, 2.05) is 0 Å². The lowest BCUT2D eigenvalue weighted by Gasteiger charge is -2.03. The molecular formula is C6H6O6. The molecule has 1 rings (SSSR count). The quantitative estimate of drug-likeness (QED) is 0.409. The van der Waals surface area contributed by atoms with Crippen molar-refractivity contribution in [3.8, 4) is 0 Å². The molecule has 1 fully saturated rings. The van der Waals surface area contributed by atoms with Crippen molar-refractivity contribution < 1.29 is 29.3 Å². The number of carboxylic acid groups (broad SMARTS) is 2. The molecule has 6 heteroatoms. The van der Waals surface area contributed by atoms with Crippen LogP contribution in [0.25, 0.3) is 0 Å². The number of carbonyl (C=O) groups is 3. The number of esters is 1. The molecular weight excluding hydrogens is 168 g/mol. The second kappa shape index (κ2) is 2.80. The maximum Gasteiger partial charge on any atom is 0.321 e. The van der Waals surface area contributed by atoms with Gasteiger partial charge >= 0.3 is 17.9 Å². The van der Waals surface area contributed by atoms with Crippen LogP contribution in [0.1, 0.15) is 0 Å². The minimum absolute atomic E-state index is 0.356. The van der Waals surface area contributed by atoms with Crippen LogP contribution in [-0.2, 0) is 19.1 Å². The summed E-state index contributed by atoms with van der Waals surface area (Å²) in [6.45, 7) is -0.356. The van der Waals surface area contributed by atoms with E-state index in [4.69, 9.17) is 10.2 Å². The molecule has 2 atom stereocenters. The molecule has 0 aliphatic carbocycles. The van der Waals surface area contributed by atoms with Crippen molar-refractivity contribution in [3.05, 3.63) is 0 Å². The molecule has 2 N–H and O–H groups in total. The summed E-state index contributed by atoms with van der Waals surface area (Å²) in [4.78, 5) is 31.4. The molecule has 0 aromatic rings. The number of hydrogen-bond acceptors (Lipinski definition) is 4. The first-order valence-corrected chi connectivity index (χ1v) is 3.16. The number of aliphatic carboxylic acids is 2. The van der Waals surface area contributed by atoms with Crippen LogP contribution in [0.2, 0.25) is 0 Å². The standard InChI is InChI=1S/C6H6O6/c7-4(8)2-1-12-6(11)3(2)5(9)10/h2-3H,1H2,(H,7,8)(H,9,10). The van der Waals surface area contributed by atoms with E-state index in [0.717, 1.165) is 0 Å². The Kier molecular flexibility index (Phi) is 1.99. The van der Waals surface area contributed by atoms with Crippen molar-refractivity contribution in [1.29, 1.82) is 0 Å². The lowest BCUT2D eigenvalue weighted by atomic mass is 9.96. The fraction of sp³-hybridized carbons (Fsp3) is 0.500. The van der Waals surface area contributed by atoms with E-state index in [9.17, 15) is 14.4 Å². The summed E-state index contributed by atoms with van der Waals surface area (Å²) in [7, 11) is 0. The van der Waals surface area contributed by atoms with Crippen molar-refractivity contribution in [2.24, 2.45) is 11.8 Å². The lowest BCUT2D eigenvalue weighted by Crippen LogP contribution is -2.30. The zero-order valence-corrected chi connectivity index (χ0v) is 5.89. The predicted molar refractivity (Wildman–Crippen MR) is 33.2 cm³/mol. The average molecular weight is 174 g/mol. The van der Waals surface area contributed by atoms with Gasteiger partial charge in [-0.2, -0.15) is 0 Å². The minimum atomic E-state index is -1.55. The van der Waals surface area contributed by atoms with Crippen LogP contribution in [0.15, 0.2) is 0 Å². The molecule has 1 aliphatic heterocycles. The molecule has 1 aliphatic rings. The van der Waals surface area contributed by atoms with E-state index in [2.05, 4.69) is 4.74 Å². The minimum Gasteiger partial charge on any atom is -0.481 e. The van der Waals surface area contributed by atoms with Gasteiger partial charge in [0, 0.05) is 0 Å². The predicted octanol–water partition coefficient (Wildman–Crippen LogP) is -1.06. The summed E-state index contributed by atoms with van der Waals surface area (Å²) in [5, 5.41) is 16.9. The van der Waals surface area contributed by atoms with Crippen molar-refractivity contribution in [2.75, 3.05) is 6.61 Å². The molecule has 0 radical (unpaired) electrons. The highest BCUT2D eigenvalue weighted by Crippen LogP contribution is 2.22. The Morgan fingerprint density at radius 2 is 1.92 bits per heavy atom. The zero-order chi connectivity index (χ0) is 9.30. The molecule has 0 saturated carbocycles. The maximum atomic E-state index is 10.7. The number of rotatable bonds is 2. The van der Waals surface area contributed by atoms with Crippen LogP contribution < -0.4 is 0 Å². The normalized spacial score (nSPS) is 28.2. The number of carbonyl (C=O) groups excluding carboxylic acids is 1. The van der Waals surface area contributed by atoms with Gasteiger partial charge in [0.2, 0.25) is 0 Å². The Bertz CT molecular complexity index is 244. The third-order valence-electron chi connectivity index (χ3n) is 1.64. The summed E-state index contributed by atoms with van der Waals surface area (Å²) in [5.41, 5.74) is 0. The molecule has 12 heavy (non-hydrogen) atoms. The summed E-state index contributed by atoms with van der Waals surface area (Å²) >= 11 is 0. The van der Waals surface area contributed by atoms with Gasteiger partial charge in [0.05, 0.1) is 0 Å². The van der Waals surface area contributed by atoms with Crippen LogP contribution in [0.3, 0.4) is 0 Å².